The topological polar surface area (TPSA) is 74.6 Å². The van der Waals surface area contributed by atoms with E-state index in [1.54, 1.807) is 0 Å². The summed E-state index contributed by atoms with van der Waals surface area (Å²) in [5.41, 5.74) is 1.37. The molecule has 2 saturated carbocycles. The predicted molar refractivity (Wildman–Crippen MR) is 93.7 cm³/mol. The molecule has 0 heterocycles. The zero-order valence-electron chi connectivity index (χ0n) is 15.1. The number of carboxylic acids is 2. The third kappa shape index (κ3) is 3.28. The second-order valence-corrected chi connectivity index (χ2v) is 8.25. The largest absolute Gasteiger partial charge is 0.481 e. The Morgan fingerprint density at radius 3 is 2.54 bits per heavy atom. The fraction of sp³-hybridized carbons (Fsp3) is 0.700. The second-order valence-electron chi connectivity index (χ2n) is 8.25. The van der Waals surface area contributed by atoms with Crippen LogP contribution >= 0.6 is 0 Å². The lowest BCUT2D eigenvalue weighted by molar-refractivity contribution is -0.164. The monoisotopic (exact) mass is 334 g/mol. The van der Waals surface area contributed by atoms with Crippen molar-refractivity contribution in [2.24, 2.45) is 22.7 Å². The Hall–Kier alpha value is -1.58. The minimum atomic E-state index is -0.907. The normalized spacial score (nSPS) is 37.0. The first-order chi connectivity index (χ1) is 11.1. The summed E-state index contributed by atoms with van der Waals surface area (Å²) >= 11 is 0. The van der Waals surface area contributed by atoms with E-state index in [1.807, 2.05) is 13.8 Å². The third-order valence-corrected chi connectivity index (χ3v) is 6.71. The number of aliphatic carboxylic acids is 2. The Labute approximate surface area is 144 Å². The molecule has 4 heteroatoms. The van der Waals surface area contributed by atoms with E-state index in [4.69, 9.17) is 5.11 Å². The molecule has 134 valence electrons. The minimum Gasteiger partial charge on any atom is -0.481 e. The van der Waals surface area contributed by atoms with Crippen molar-refractivity contribution in [3.05, 3.63) is 23.8 Å². The van der Waals surface area contributed by atoms with Gasteiger partial charge in [-0.3, -0.25) is 4.79 Å². The molecule has 0 saturated heterocycles. The third-order valence-electron chi connectivity index (χ3n) is 6.71. The molecule has 4 nitrogen and oxygen atoms in total. The first-order valence-electron chi connectivity index (χ1n) is 8.92. The van der Waals surface area contributed by atoms with Gasteiger partial charge in [0.1, 0.15) is 0 Å². The quantitative estimate of drug-likeness (QED) is 0.566. The molecule has 0 aromatic rings. The van der Waals surface area contributed by atoms with Gasteiger partial charge in [-0.25, -0.2) is 4.79 Å². The molecule has 2 rings (SSSR count). The van der Waals surface area contributed by atoms with Crippen molar-refractivity contribution in [1.29, 1.82) is 0 Å². The average Bonchev–Trinajstić information content (AvgIpc) is 2.45. The van der Waals surface area contributed by atoms with E-state index >= 15 is 0 Å². The molecule has 2 aliphatic carbocycles. The van der Waals surface area contributed by atoms with Gasteiger partial charge in [0, 0.05) is 6.08 Å². The fourth-order valence-corrected chi connectivity index (χ4v) is 5.39. The number of carbonyl (C=O) groups is 2. The maximum Gasteiger partial charge on any atom is 0.328 e. The summed E-state index contributed by atoms with van der Waals surface area (Å²) in [6, 6.07) is 0. The van der Waals surface area contributed by atoms with E-state index in [1.165, 1.54) is 11.6 Å². The molecule has 0 unspecified atom stereocenters. The Balaban J connectivity index is 2.25. The number of allylic oxidation sites excluding steroid dienone is 2. The molecule has 2 N–H and O–H groups in total. The summed E-state index contributed by atoms with van der Waals surface area (Å²) in [4.78, 5) is 22.8. The van der Waals surface area contributed by atoms with Crippen LogP contribution in [0.4, 0.5) is 0 Å². The number of fused-ring (bicyclic) bond motifs is 1. The van der Waals surface area contributed by atoms with Gasteiger partial charge in [0.25, 0.3) is 0 Å². The summed E-state index contributed by atoms with van der Waals surface area (Å²) in [6.07, 6.45) is 7.36. The summed E-state index contributed by atoms with van der Waals surface area (Å²) < 4.78 is 0. The van der Waals surface area contributed by atoms with Gasteiger partial charge in [0.2, 0.25) is 0 Å². The number of hydrogen-bond donors (Lipinski definition) is 2. The van der Waals surface area contributed by atoms with Crippen molar-refractivity contribution in [2.75, 3.05) is 0 Å². The average molecular weight is 334 g/mol. The van der Waals surface area contributed by atoms with E-state index in [0.717, 1.165) is 50.5 Å². The molecular formula is C20H30O4. The van der Waals surface area contributed by atoms with E-state index < -0.39 is 17.4 Å². The minimum absolute atomic E-state index is 0.0514. The van der Waals surface area contributed by atoms with Crippen molar-refractivity contribution in [3.63, 3.8) is 0 Å². The van der Waals surface area contributed by atoms with Crippen LogP contribution in [0.25, 0.3) is 0 Å². The Bertz CT molecular complexity index is 576. The predicted octanol–water partition coefficient (Wildman–Crippen LogP) is 4.66. The summed E-state index contributed by atoms with van der Waals surface area (Å²) in [7, 11) is 0. The zero-order valence-corrected chi connectivity index (χ0v) is 15.1. The van der Waals surface area contributed by atoms with Crippen LogP contribution in [0, 0.1) is 22.7 Å². The van der Waals surface area contributed by atoms with Crippen molar-refractivity contribution >= 4 is 11.9 Å². The first kappa shape index (κ1) is 18.8. The van der Waals surface area contributed by atoms with E-state index in [9.17, 15) is 14.7 Å². The van der Waals surface area contributed by atoms with Crippen LogP contribution in [0.5, 0.6) is 0 Å². The summed E-state index contributed by atoms with van der Waals surface area (Å²) in [5.74, 6) is -1.15. The van der Waals surface area contributed by atoms with Crippen molar-refractivity contribution in [3.8, 4) is 0 Å². The highest BCUT2D eigenvalue weighted by molar-refractivity contribution is 5.80. The molecule has 2 aliphatic rings. The maximum absolute atomic E-state index is 12.0. The molecule has 0 aliphatic heterocycles. The number of carboxylic acid groups (broad SMARTS) is 2. The molecule has 0 amide bonds. The van der Waals surface area contributed by atoms with Crippen LogP contribution in [-0.2, 0) is 9.59 Å². The van der Waals surface area contributed by atoms with Crippen molar-refractivity contribution < 1.29 is 19.8 Å². The lowest BCUT2D eigenvalue weighted by Gasteiger charge is -2.57. The lowest BCUT2D eigenvalue weighted by Crippen LogP contribution is -2.53. The maximum atomic E-state index is 12.0. The van der Waals surface area contributed by atoms with Crippen LogP contribution in [0.15, 0.2) is 23.8 Å². The van der Waals surface area contributed by atoms with Crippen LogP contribution < -0.4 is 0 Å². The SMILES string of the molecule is C=C1CC[C@@H]2[C@@](C)(CCC[C@]2(C)C(=O)O)[C@H]1CC/C(C)=C/C(=O)O. The fourth-order valence-electron chi connectivity index (χ4n) is 5.39. The lowest BCUT2D eigenvalue weighted by atomic mass is 9.46. The van der Waals surface area contributed by atoms with Gasteiger partial charge in [0.15, 0.2) is 0 Å². The Kier molecular flexibility index (Phi) is 5.26. The molecule has 0 aromatic carbocycles. The van der Waals surface area contributed by atoms with E-state index in [2.05, 4.69) is 13.5 Å². The molecule has 0 radical (unpaired) electrons. The van der Waals surface area contributed by atoms with Gasteiger partial charge in [-0.1, -0.05) is 31.1 Å². The van der Waals surface area contributed by atoms with Crippen molar-refractivity contribution in [2.45, 2.75) is 65.7 Å². The highest BCUT2D eigenvalue weighted by atomic mass is 16.4. The second kappa shape index (κ2) is 6.73. The molecule has 0 bridgehead atoms. The van der Waals surface area contributed by atoms with Crippen molar-refractivity contribution in [1.82, 2.24) is 0 Å². The summed E-state index contributed by atoms with van der Waals surface area (Å²) in [6.45, 7) is 10.3. The first-order valence-corrected chi connectivity index (χ1v) is 8.92. The van der Waals surface area contributed by atoms with Crippen LogP contribution in [0.1, 0.15) is 65.7 Å². The van der Waals surface area contributed by atoms with Gasteiger partial charge in [-0.2, -0.15) is 0 Å². The number of rotatable bonds is 5. The Morgan fingerprint density at radius 2 is 1.96 bits per heavy atom. The van der Waals surface area contributed by atoms with E-state index in [-0.39, 0.29) is 17.3 Å². The Morgan fingerprint density at radius 1 is 1.29 bits per heavy atom. The molecule has 24 heavy (non-hydrogen) atoms. The van der Waals surface area contributed by atoms with E-state index in [0.29, 0.717) is 0 Å². The van der Waals surface area contributed by atoms with Crippen LogP contribution in [-0.4, -0.2) is 22.2 Å². The molecular weight excluding hydrogens is 304 g/mol. The molecule has 2 fully saturated rings. The molecule has 0 aromatic heterocycles. The molecule has 0 spiro atoms. The van der Waals surface area contributed by atoms with Crippen LogP contribution in [0.2, 0.25) is 0 Å². The summed E-state index contributed by atoms with van der Waals surface area (Å²) in [5, 5.41) is 18.7. The molecule has 4 atom stereocenters. The van der Waals surface area contributed by atoms with Gasteiger partial charge in [-0.05, 0) is 69.6 Å². The van der Waals surface area contributed by atoms with Gasteiger partial charge in [-0.15, -0.1) is 0 Å². The zero-order chi connectivity index (χ0) is 18.1. The van der Waals surface area contributed by atoms with Gasteiger partial charge in [0.05, 0.1) is 5.41 Å². The number of hydrogen-bond acceptors (Lipinski definition) is 2. The highest BCUT2D eigenvalue weighted by Crippen LogP contribution is 2.62. The highest BCUT2D eigenvalue weighted by Gasteiger charge is 2.57. The van der Waals surface area contributed by atoms with Gasteiger partial charge >= 0.3 is 11.9 Å². The smallest absolute Gasteiger partial charge is 0.328 e. The standard InChI is InChI=1S/C20H30O4/c1-13(12-17(21)22)6-8-15-14(2)7-9-16-19(15,3)10-5-11-20(16,4)18(23)24/h12,15-16H,2,5-11H2,1,3-4H3,(H,21,22)(H,23,24)/b13-12+/t15-,16+,19-,20-/m0/s1. The van der Waals surface area contributed by atoms with Crippen LogP contribution in [0.3, 0.4) is 0 Å². The van der Waals surface area contributed by atoms with Gasteiger partial charge < -0.3 is 10.2 Å².